The van der Waals surface area contributed by atoms with Gasteiger partial charge in [0.2, 0.25) is 0 Å². The van der Waals surface area contributed by atoms with Gasteiger partial charge in [0.1, 0.15) is 35.1 Å². The molecule has 38 heavy (non-hydrogen) atoms. The minimum Gasteiger partial charge on any atom is -0.307 e. The average molecular weight is 513 g/mol. The van der Waals surface area contributed by atoms with Gasteiger partial charge in [-0.15, -0.1) is 0 Å². The zero-order valence-corrected chi connectivity index (χ0v) is 21.2. The molecule has 0 unspecified atom stereocenters. The number of halogens is 4. The van der Waals surface area contributed by atoms with Crippen molar-refractivity contribution >= 4 is 33.7 Å². The second-order valence-corrected chi connectivity index (χ2v) is 9.45. The maximum Gasteiger partial charge on any atom is 0.130 e. The van der Waals surface area contributed by atoms with Crippen molar-refractivity contribution < 1.29 is 22.5 Å². The standard InChI is InChI=1S/C24H16BF4.C8H11N/c26-21-9-1-5-17(13-21)25(18-6-2-10-22(27)14-18,19-7-3-11-23(28)15-19)20-8-4-12-24(29)16-20;1-9(2)8-6-4-3-5-7-8/h1-16H;3-7H,1-2H3/q-1;/p+1. The molecule has 0 radical (unpaired) electrons. The minimum atomic E-state index is -2.25. The van der Waals surface area contributed by atoms with E-state index in [0.717, 1.165) is 0 Å². The topological polar surface area (TPSA) is 4.44 Å². The quantitative estimate of drug-likeness (QED) is 0.267. The molecule has 0 spiro atoms. The molecule has 5 rings (SSSR count). The van der Waals surface area contributed by atoms with E-state index in [1.165, 1.54) is 59.1 Å². The molecule has 0 fully saturated rings. The highest BCUT2D eigenvalue weighted by Crippen LogP contribution is 2.13. The van der Waals surface area contributed by atoms with Gasteiger partial charge in [0.05, 0.1) is 14.1 Å². The number of quaternary nitrogens is 1. The lowest BCUT2D eigenvalue weighted by Crippen LogP contribution is -3.00. The van der Waals surface area contributed by atoms with Gasteiger partial charge in [-0.1, -0.05) is 91.0 Å². The smallest absolute Gasteiger partial charge is 0.130 e. The summed E-state index contributed by atoms with van der Waals surface area (Å²) in [5.74, 6) is -1.95. The average Bonchev–Trinajstić information content (AvgIpc) is 2.90. The predicted molar refractivity (Wildman–Crippen MR) is 149 cm³/mol. The maximum absolute atomic E-state index is 14.3. The van der Waals surface area contributed by atoms with E-state index < -0.39 is 29.4 Å². The molecule has 0 aliphatic rings. The van der Waals surface area contributed by atoms with Gasteiger partial charge in [-0.25, -0.2) is 17.6 Å². The van der Waals surface area contributed by atoms with Gasteiger partial charge in [-0.3, -0.25) is 0 Å². The summed E-state index contributed by atoms with van der Waals surface area (Å²) in [6.07, 6.45) is -2.25. The third-order valence-electron chi connectivity index (χ3n) is 6.75. The first-order chi connectivity index (χ1) is 18.3. The minimum absolute atomic E-state index is 0.488. The molecule has 0 bridgehead atoms. The van der Waals surface area contributed by atoms with Crippen molar-refractivity contribution in [3.05, 3.63) is 151 Å². The van der Waals surface area contributed by atoms with Crippen LogP contribution >= 0.6 is 0 Å². The summed E-state index contributed by atoms with van der Waals surface area (Å²) in [5, 5.41) is 0. The normalized spacial score (nSPS) is 11.1. The van der Waals surface area contributed by atoms with E-state index in [4.69, 9.17) is 0 Å². The molecule has 0 saturated heterocycles. The SMILES string of the molecule is C[NH+](C)c1ccccc1.Fc1cccc([B-](c2cccc(F)c2)(c2cccc(F)c2)c2cccc(F)c2)c1. The summed E-state index contributed by atoms with van der Waals surface area (Å²) in [5.41, 5.74) is 3.30. The van der Waals surface area contributed by atoms with Crippen LogP contribution in [0.25, 0.3) is 0 Å². The van der Waals surface area contributed by atoms with Crippen molar-refractivity contribution in [2.75, 3.05) is 14.1 Å². The zero-order valence-electron chi connectivity index (χ0n) is 21.2. The van der Waals surface area contributed by atoms with Crippen LogP contribution in [-0.4, -0.2) is 20.2 Å². The Bertz CT molecular complexity index is 1320. The van der Waals surface area contributed by atoms with Gasteiger partial charge in [0.15, 0.2) is 0 Å². The van der Waals surface area contributed by atoms with Crippen LogP contribution in [0, 0.1) is 23.3 Å². The van der Waals surface area contributed by atoms with E-state index in [1.54, 1.807) is 48.5 Å². The molecule has 5 aromatic rings. The van der Waals surface area contributed by atoms with Gasteiger partial charge in [0, 0.05) is 0 Å². The fraction of sp³-hybridized carbons (Fsp3) is 0.0625. The van der Waals surface area contributed by atoms with Gasteiger partial charge in [-0.05, 0) is 36.4 Å². The number of hydrogen-bond donors (Lipinski definition) is 1. The largest absolute Gasteiger partial charge is 0.307 e. The Hall–Kier alpha value is -4.16. The molecule has 0 saturated carbocycles. The molecule has 1 N–H and O–H groups in total. The molecule has 0 aliphatic heterocycles. The highest BCUT2D eigenvalue weighted by Gasteiger charge is 2.32. The second kappa shape index (κ2) is 11.9. The van der Waals surface area contributed by atoms with Crippen LogP contribution in [0.1, 0.15) is 0 Å². The Morgan fingerprint density at radius 1 is 0.421 bits per heavy atom. The molecule has 0 amide bonds. The molecule has 0 heterocycles. The van der Waals surface area contributed by atoms with E-state index in [9.17, 15) is 17.6 Å². The van der Waals surface area contributed by atoms with Crippen molar-refractivity contribution in [2.45, 2.75) is 0 Å². The van der Waals surface area contributed by atoms with Crippen LogP contribution in [-0.2, 0) is 0 Å². The number of para-hydroxylation sites is 1. The highest BCUT2D eigenvalue weighted by atomic mass is 19.1. The Labute approximate surface area is 220 Å². The van der Waals surface area contributed by atoms with Crippen molar-refractivity contribution in [1.82, 2.24) is 0 Å². The first-order valence-electron chi connectivity index (χ1n) is 12.4. The monoisotopic (exact) mass is 513 g/mol. The van der Waals surface area contributed by atoms with E-state index >= 15 is 0 Å². The number of rotatable bonds is 5. The Kier molecular flexibility index (Phi) is 8.44. The first kappa shape index (κ1) is 26.9. The molecule has 0 aromatic heterocycles. The van der Waals surface area contributed by atoms with Crippen molar-refractivity contribution in [1.29, 1.82) is 0 Å². The summed E-state index contributed by atoms with van der Waals surface area (Å²) >= 11 is 0. The molecule has 1 nitrogen and oxygen atoms in total. The summed E-state index contributed by atoms with van der Waals surface area (Å²) in [4.78, 5) is 1.37. The predicted octanol–water partition coefficient (Wildman–Crippen LogP) is 4.08. The lowest BCUT2D eigenvalue weighted by atomic mass is 9.13. The van der Waals surface area contributed by atoms with Crippen LogP contribution < -0.4 is 26.8 Å². The zero-order chi connectivity index (χ0) is 27.1. The summed E-state index contributed by atoms with van der Waals surface area (Å²) in [6.45, 7) is 0. The Morgan fingerprint density at radius 2 is 0.737 bits per heavy atom. The van der Waals surface area contributed by atoms with E-state index in [1.807, 2.05) is 6.07 Å². The highest BCUT2D eigenvalue weighted by molar-refractivity contribution is 7.19. The molecule has 192 valence electrons. The molecule has 6 heteroatoms. The molecule has 0 atom stereocenters. The van der Waals surface area contributed by atoms with Gasteiger partial charge < -0.3 is 4.90 Å². The summed E-state index contributed by atoms with van der Waals surface area (Å²) < 4.78 is 57.1. The summed E-state index contributed by atoms with van der Waals surface area (Å²) in [7, 11) is 4.24. The fourth-order valence-corrected chi connectivity index (χ4v) is 5.03. The fourth-order valence-electron chi connectivity index (χ4n) is 5.03. The van der Waals surface area contributed by atoms with Crippen LogP contribution in [0.15, 0.2) is 127 Å². The first-order valence-corrected chi connectivity index (χ1v) is 12.4. The van der Waals surface area contributed by atoms with Crippen LogP contribution in [0.2, 0.25) is 0 Å². The van der Waals surface area contributed by atoms with E-state index in [2.05, 4.69) is 38.4 Å². The second-order valence-electron chi connectivity index (χ2n) is 9.45. The Balaban J connectivity index is 0.000000317. The van der Waals surface area contributed by atoms with Crippen LogP contribution in [0.4, 0.5) is 23.2 Å². The number of benzene rings is 5. The lowest BCUT2D eigenvalue weighted by Gasteiger charge is -2.44. The van der Waals surface area contributed by atoms with Crippen molar-refractivity contribution in [2.24, 2.45) is 0 Å². The lowest BCUT2D eigenvalue weighted by molar-refractivity contribution is -0.786. The maximum atomic E-state index is 14.3. The third-order valence-corrected chi connectivity index (χ3v) is 6.75. The molecule has 0 aliphatic carbocycles. The van der Waals surface area contributed by atoms with Crippen molar-refractivity contribution in [3.63, 3.8) is 0 Å². The Morgan fingerprint density at radius 3 is 0.974 bits per heavy atom. The summed E-state index contributed by atoms with van der Waals surface area (Å²) in [6, 6.07) is 33.9. The third kappa shape index (κ3) is 5.87. The molecule has 5 aromatic carbocycles. The van der Waals surface area contributed by atoms with Crippen LogP contribution in [0.5, 0.6) is 0 Å². The van der Waals surface area contributed by atoms with Crippen LogP contribution in [0.3, 0.4) is 0 Å². The van der Waals surface area contributed by atoms with E-state index in [-0.39, 0.29) is 0 Å². The van der Waals surface area contributed by atoms with Gasteiger partial charge >= 0.3 is 0 Å². The van der Waals surface area contributed by atoms with E-state index in [0.29, 0.717) is 21.9 Å². The van der Waals surface area contributed by atoms with Gasteiger partial charge in [-0.2, -0.15) is 21.9 Å². The van der Waals surface area contributed by atoms with Crippen molar-refractivity contribution in [3.8, 4) is 0 Å². The van der Waals surface area contributed by atoms with Gasteiger partial charge in [0.25, 0.3) is 0 Å². The molecular formula is C32H28BF4N. The number of nitrogens with one attached hydrogen (secondary N) is 1. The molecular weight excluding hydrogens is 485 g/mol. The number of hydrogen-bond acceptors (Lipinski definition) is 0.